The minimum absolute atomic E-state index is 0.259. The second kappa shape index (κ2) is 6.71. The van der Waals surface area contributed by atoms with Crippen molar-refractivity contribution in [3.05, 3.63) is 35.4 Å². The van der Waals surface area contributed by atoms with Crippen LogP contribution in [0, 0.1) is 6.92 Å². The normalized spacial score (nSPS) is 19.2. The van der Waals surface area contributed by atoms with Crippen molar-refractivity contribution in [3.8, 4) is 0 Å². The fourth-order valence-corrected chi connectivity index (χ4v) is 2.55. The van der Waals surface area contributed by atoms with Crippen LogP contribution in [0.1, 0.15) is 30.4 Å². The Bertz CT molecular complexity index is 407. The summed E-state index contributed by atoms with van der Waals surface area (Å²) in [5, 5.41) is 3.36. The van der Waals surface area contributed by atoms with Gasteiger partial charge in [-0.15, -0.1) is 0 Å². The van der Waals surface area contributed by atoms with Gasteiger partial charge in [-0.1, -0.05) is 29.8 Å². The third-order valence-corrected chi connectivity index (χ3v) is 3.96. The predicted molar refractivity (Wildman–Crippen MR) is 78.2 cm³/mol. The smallest absolute Gasteiger partial charge is 0.222 e. The first-order valence-corrected chi connectivity index (χ1v) is 7.19. The Morgan fingerprint density at radius 1 is 1.37 bits per heavy atom. The van der Waals surface area contributed by atoms with E-state index in [1.54, 1.807) is 0 Å². The Morgan fingerprint density at radius 3 is 2.74 bits per heavy atom. The van der Waals surface area contributed by atoms with E-state index < -0.39 is 0 Å². The summed E-state index contributed by atoms with van der Waals surface area (Å²) >= 11 is 0. The number of hydrogen-bond acceptors (Lipinski definition) is 2. The molecule has 0 aromatic heterocycles. The Hall–Kier alpha value is -1.35. The third kappa shape index (κ3) is 4.06. The summed E-state index contributed by atoms with van der Waals surface area (Å²) in [6, 6.07) is 8.82. The van der Waals surface area contributed by atoms with Crippen molar-refractivity contribution < 1.29 is 4.79 Å². The quantitative estimate of drug-likeness (QED) is 0.899. The molecule has 3 heteroatoms. The predicted octanol–water partition coefficient (Wildman–Crippen LogP) is 2.14. The molecule has 1 aliphatic rings. The Morgan fingerprint density at radius 2 is 2.11 bits per heavy atom. The number of likely N-dealkylation sites (N-methyl/N-ethyl adjacent to an activating group) is 1. The monoisotopic (exact) mass is 260 g/mol. The molecule has 0 aliphatic carbocycles. The van der Waals surface area contributed by atoms with Crippen molar-refractivity contribution >= 4 is 5.91 Å². The van der Waals surface area contributed by atoms with Crippen LogP contribution in [0.15, 0.2) is 24.3 Å². The van der Waals surface area contributed by atoms with Gasteiger partial charge in [0.15, 0.2) is 0 Å². The highest BCUT2D eigenvalue weighted by Crippen LogP contribution is 2.12. The summed E-state index contributed by atoms with van der Waals surface area (Å²) < 4.78 is 0. The van der Waals surface area contributed by atoms with Crippen LogP contribution >= 0.6 is 0 Å². The highest BCUT2D eigenvalue weighted by atomic mass is 16.2. The van der Waals surface area contributed by atoms with Crippen LogP contribution in [-0.4, -0.2) is 37.0 Å². The van der Waals surface area contributed by atoms with Gasteiger partial charge in [-0.2, -0.15) is 0 Å². The van der Waals surface area contributed by atoms with E-state index in [4.69, 9.17) is 0 Å². The molecule has 1 atom stereocenters. The molecule has 0 bridgehead atoms. The Labute approximate surface area is 116 Å². The lowest BCUT2D eigenvalue weighted by Gasteiger charge is -2.31. The topological polar surface area (TPSA) is 32.3 Å². The molecular formula is C16H24N2O. The molecule has 3 nitrogen and oxygen atoms in total. The van der Waals surface area contributed by atoms with Gasteiger partial charge in [0, 0.05) is 26.1 Å². The highest BCUT2D eigenvalue weighted by molar-refractivity contribution is 5.76. The second-order valence-electron chi connectivity index (χ2n) is 5.49. The summed E-state index contributed by atoms with van der Waals surface area (Å²) in [5.74, 6) is 0.259. The largest absolute Gasteiger partial charge is 0.341 e. The zero-order chi connectivity index (χ0) is 13.7. The molecule has 1 unspecified atom stereocenters. The molecule has 2 rings (SSSR count). The number of carbonyl (C=O) groups excluding carboxylic acids is 1. The maximum absolute atomic E-state index is 12.2. The van der Waals surface area contributed by atoms with E-state index in [2.05, 4.69) is 36.5 Å². The van der Waals surface area contributed by atoms with Gasteiger partial charge in [-0.05, 0) is 38.3 Å². The molecule has 104 valence electrons. The van der Waals surface area contributed by atoms with Gasteiger partial charge in [0.1, 0.15) is 0 Å². The van der Waals surface area contributed by atoms with Gasteiger partial charge in [-0.3, -0.25) is 4.79 Å². The zero-order valence-electron chi connectivity index (χ0n) is 12.0. The first-order valence-electron chi connectivity index (χ1n) is 7.19. The minimum atomic E-state index is 0.259. The van der Waals surface area contributed by atoms with Gasteiger partial charge >= 0.3 is 0 Å². The molecule has 0 saturated carbocycles. The fourth-order valence-electron chi connectivity index (χ4n) is 2.55. The molecular weight excluding hydrogens is 236 g/mol. The minimum Gasteiger partial charge on any atom is -0.341 e. The van der Waals surface area contributed by atoms with Crippen LogP contribution in [0.25, 0.3) is 0 Å². The van der Waals surface area contributed by atoms with Crippen molar-refractivity contribution in [1.82, 2.24) is 10.2 Å². The Kier molecular flexibility index (Phi) is 4.97. The van der Waals surface area contributed by atoms with Gasteiger partial charge in [0.25, 0.3) is 0 Å². The van der Waals surface area contributed by atoms with Crippen molar-refractivity contribution in [3.63, 3.8) is 0 Å². The van der Waals surface area contributed by atoms with E-state index in [0.717, 1.165) is 25.9 Å². The van der Waals surface area contributed by atoms with Crippen molar-refractivity contribution in [1.29, 1.82) is 0 Å². The van der Waals surface area contributed by atoms with E-state index in [1.807, 2.05) is 11.9 Å². The lowest BCUT2D eigenvalue weighted by Crippen LogP contribution is -2.46. The maximum Gasteiger partial charge on any atom is 0.222 e. The first kappa shape index (κ1) is 14.1. The van der Waals surface area contributed by atoms with Gasteiger partial charge in [0.05, 0.1) is 0 Å². The molecule has 1 aromatic rings. The van der Waals surface area contributed by atoms with E-state index in [1.165, 1.54) is 17.5 Å². The van der Waals surface area contributed by atoms with E-state index in [-0.39, 0.29) is 5.91 Å². The van der Waals surface area contributed by atoms with Crippen molar-refractivity contribution in [2.75, 3.05) is 20.1 Å². The number of piperidine rings is 1. The van der Waals surface area contributed by atoms with Gasteiger partial charge in [-0.25, -0.2) is 0 Å². The average Bonchev–Trinajstić information content (AvgIpc) is 2.46. The first-order chi connectivity index (χ1) is 9.16. The fraction of sp³-hybridized carbons (Fsp3) is 0.562. The number of amides is 1. The zero-order valence-corrected chi connectivity index (χ0v) is 12.0. The lowest BCUT2D eigenvalue weighted by atomic mass is 10.0. The average molecular weight is 260 g/mol. The van der Waals surface area contributed by atoms with Crippen LogP contribution in [0.2, 0.25) is 0 Å². The van der Waals surface area contributed by atoms with E-state index >= 15 is 0 Å². The number of nitrogens with one attached hydrogen (secondary N) is 1. The van der Waals surface area contributed by atoms with Crippen molar-refractivity contribution in [2.24, 2.45) is 0 Å². The highest BCUT2D eigenvalue weighted by Gasteiger charge is 2.21. The molecule has 19 heavy (non-hydrogen) atoms. The molecule has 1 aliphatic heterocycles. The SMILES string of the molecule is Cc1ccc(CCC(=O)N(C)C2CCCNC2)cc1. The van der Waals surface area contributed by atoms with Crippen molar-refractivity contribution in [2.45, 2.75) is 38.6 Å². The lowest BCUT2D eigenvalue weighted by molar-refractivity contribution is -0.132. The summed E-state index contributed by atoms with van der Waals surface area (Å²) in [4.78, 5) is 14.1. The molecule has 1 aromatic carbocycles. The van der Waals surface area contributed by atoms with Gasteiger partial charge in [0.2, 0.25) is 5.91 Å². The number of hydrogen-bond donors (Lipinski definition) is 1. The molecule has 1 heterocycles. The van der Waals surface area contributed by atoms with Crippen LogP contribution in [0.5, 0.6) is 0 Å². The maximum atomic E-state index is 12.2. The van der Waals surface area contributed by atoms with Gasteiger partial charge < -0.3 is 10.2 Å². The molecule has 0 spiro atoms. The number of rotatable bonds is 4. The summed E-state index contributed by atoms with van der Waals surface area (Å²) in [5.41, 5.74) is 2.51. The van der Waals surface area contributed by atoms with Crippen LogP contribution in [-0.2, 0) is 11.2 Å². The number of benzene rings is 1. The summed E-state index contributed by atoms with van der Waals surface area (Å²) in [7, 11) is 1.94. The molecule has 1 amide bonds. The third-order valence-electron chi connectivity index (χ3n) is 3.96. The molecule has 1 fully saturated rings. The van der Waals surface area contributed by atoms with Crippen LogP contribution < -0.4 is 5.32 Å². The summed E-state index contributed by atoms with van der Waals surface area (Å²) in [6.45, 7) is 4.10. The number of carbonyl (C=O) groups is 1. The second-order valence-corrected chi connectivity index (χ2v) is 5.49. The number of aryl methyl sites for hydroxylation is 2. The molecule has 1 saturated heterocycles. The number of nitrogens with zero attached hydrogens (tertiary/aromatic N) is 1. The Balaban J connectivity index is 1.81. The van der Waals surface area contributed by atoms with Crippen LogP contribution in [0.3, 0.4) is 0 Å². The standard InChI is InChI=1S/C16H24N2O/c1-13-5-7-14(8-6-13)9-10-16(19)18(2)15-4-3-11-17-12-15/h5-8,15,17H,3-4,9-12H2,1-2H3. The van der Waals surface area contributed by atoms with E-state index in [9.17, 15) is 4.79 Å². The molecule has 0 radical (unpaired) electrons. The summed E-state index contributed by atoms with van der Waals surface area (Å²) in [6.07, 6.45) is 3.74. The molecule has 1 N–H and O–H groups in total. The van der Waals surface area contributed by atoms with Crippen LogP contribution in [0.4, 0.5) is 0 Å². The van der Waals surface area contributed by atoms with E-state index in [0.29, 0.717) is 12.5 Å².